The fourth-order valence-corrected chi connectivity index (χ4v) is 1.90. The van der Waals surface area contributed by atoms with Gasteiger partial charge in [-0.25, -0.2) is 9.89 Å². The standard InChI is InChI=1S/C14H15N3O5/c1-8-10(14(20)21-3)6-9(22-8)7-17(2)13(19)11-4-5-12(18)16-15-11/h4-6H,7H2,1-3H3,(H,16,18). The van der Waals surface area contributed by atoms with Crippen molar-refractivity contribution in [1.82, 2.24) is 15.1 Å². The lowest BCUT2D eigenvalue weighted by atomic mass is 10.2. The highest BCUT2D eigenvalue weighted by Crippen LogP contribution is 2.17. The van der Waals surface area contributed by atoms with Gasteiger partial charge >= 0.3 is 5.97 Å². The molecule has 116 valence electrons. The summed E-state index contributed by atoms with van der Waals surface area (Å²) in [4.78, 5) is 36.0. The normalized spacial score (nSPS) is 10.3. The maximum atomic E-state index is 12.2. The summed E-state index contributed by atoms with van der Waals surface area (Å²) in [6.45, 7) is 1.79. The predicted octanol–water partition coefficient (Wildman–Crippen LogP) is 0.730. The Morgan fingerprint density at radius 2 is 2.14 bits per heavy atom. The Kier molecular flexibility index (Phi) is 4.40. The van der Waals surface area contributed by atoms with Crippen molar-refractivity contribution in [2.45, 2.75) is 13.5 Å². The van der Waals surface area contributed by atoms with E-state index in [1.165, 1.54) is 30.2 Å². The highest BCUT2D eigenvalue weighted by atomic mass is 16.5. The lowest BCUT2D eigenvalue weighted by Gasteiger charge is -2.14. The number of H-pyrrole nitrogens is 1. The maximum absolute atomic E-state index is 12.2. The second-order valence-corrected chi connectivity index (χ2v) is 4.64. The summed E-state index contributed by atoms with van der Waals surface area (Å²) < 4.78 is 10.1. The van der Waals surface area contributed by atoms with Gasteiger partial charge in [0.25, 0.3) is 11.5 Å². The van der Waals surface area contributed by atoms with Crippen LogP contribution in [-0.4, -0.2) is 41.1 Å². The van der Waals surface area contributed by atoms with Gasteiger partial charge in [0.1, 0.15) is 22.8 Å². The highest BCUT2D eigenvalue weighted by molar-refractivity contribution is 5.92. The molecule has 8 nitrogen and oxygen atoms in total. The van der Waals surface area contributed by atoms with Gasteiger partial charge in [0, 0.05) is 13.1 Å². The van der Waals surface area contributed by atoms with E-state index in [-0.39, 0.29) is 23.7 Å². The zero-order valence-corrected chi connectivity index (χ0v) is 12.4. The molecule has 0 saturated heterocycles. The van der Waals surface area contributed by atoms with E-state index < -0.39 is 5.97 Å². The zero-order chi connectivity index (χ0) is 16.3. The number of ether oxygens (including phenoxy) is 1. The highest BCUT2D eigenvalue weighted by Gasteiger charge is 2.19. The van der Waals surface area contributed by atoms with Crippen LogP contribution < -0.4 is 5.56 Å². The van der Waals surface area contributed by atoms with Crippen molar-refractivity contribution in [3.63, 3.8) is 0 Å². The second kappa shape index (κ2) is 6.25. The van der Waals surface area contributed by atoms with E-state index >= 15 is 0 Å². The van der Waals surface area contributed by atoms with Crippen molar-refractivity contribution >= 4 is 11.9 Å². The van der Waals surface area contributed by atoms with Crippen LogP contribution in [0.1, 0.15) is 32.4 Å². The topological polar surface area (TPSA) is 106 Å². The first kappa shape index (κ1) is 15.5. The van der Waals surface area contributed by atoms with Gasteiger partial charge in [-0.3, -0.25) is 9.59 Å². The summed E-state index contributed by atoms with van der Waals surface area (Å²) in [5, 5.41) is 5.87. The minimum Gasteiger partial charge on any atom is -0.465 e. The second-order valence-electron chi connectivity index (χ2n) is 4.64. The van der Waals surface area contributed by atoms with Crippen LogP contribution in [0, 0.1) is 6.92 Å². The van der Waals surface area contributed by atoms with Gasteiger partial charge in [0.05, 0.1) is 13.7 Å². The van der Waals surface area contributed by atoms with Gasteiger partial charge in [-0.15, -0.1) is 0 Å². The molecule has 1 amide bonds. The molecule has 0 atom stereocenters. The van der Waals surface area contributed by atoms with Crippen molar-refractivity contribution in [2.24, 2.45) is 0 Å². The van der Waals surface area contributed by atoms with Crippen molar-refractivity contribution < 1.29 is 18.7 Å². The third kappa shape index (κ3) is 3.22. The van der Waals surface area contributed by atoms with E-state index in [0.717, 1.165) is 0 Å². The van der Waals surface area contributed by atoms with Crippen LogP contribution in [0.3, 0.4) is 0 Å². The van der Waals surface area contributed by atoms with Crippen LogP contribution in [0.15, 0.2) is 27.4 Å². The number of hydrogen-bond donors (Lipinski definition) is 1. The SMILES string of the molecule is COC(=O)c1cc(CN(C)C(=O)c2ccc(=O)[nH]n2)oc1C. The van der Waals surface area contributed by atoms with Gasteiger partial charge in [0.15, 0.2) is 0 Å². The van der Waals surface area contributed by atoms with Gasteiger partial charge in [0.2, 0.25) is 0 Å². The molecule has 2 aromatic rings. The Morgan fingerprint density at radius 3 is 2.73 bits per heavy atom. The number of aromatic nitrogens is 2. The Hall–Kier alpha value is -2.90. The molecule has 0 bridgehead atoms. The number of nitrogens with zero attached hydrogens (tertiary/aromatic N) is 2. The lowest BCUT2D eigenvalue weighted by Crippen LogP contribution is -2.28. The summed E-state index contributed by atoms with van der Waals surface area (Å²) in [7, 11) is 2.84. The molecular formula is C14H15N3O5. The molecule has 2 aromatic heterocycles. The molecule has 0 fully saturated rings. The van der Waals surface area contributed by atoms with E-state index in [9.17, 15) is 14.4 Å². The molecule has 1 N–H and O–H groups in total. The number of furan rings is 1. The molecule has 0 unspecified atom stereocenters. The molecule has 0 spiro atoms. The quantitative estimate of drug-likeness (QED) is 0.835. The Labute approximate surface area is 125 Å². The minimum atomic E-state index is -0.496. The van der Waals surface area contributed by atoms with Crippen LogP contribution in [0.4, 0.5) is 0 Å². The van der Waals surface area contributed by atoms with E-state index in [1.807, 2.05) is 0 Å². The summed E-state index contributed by atoms with van der Waals surface area (Å²) in [6.07, 6.45) is 0. The zero-order valence-electron chi connectivity index (χ0n) is 12.4. The summed E-state index contributed by atoms with van der Waals surface area (Å²) >= 11 is 0. The predicted molar refractivity (Wildman–Crippen MR) is 75.4 cm³/mol. The van der Waals surface area contributed by atoms with Crippen LogP contribution in [0.25, 0.3) is 0 Å². The monoisotopic (exact) mass is 305 g/mol. The molecule has 8 heteroatoms. The molecule has 0 radical (unpaired) electrons. The van der Waals surface area contributed by atoms with E-state index in [1.54, 1.807) is 14.0 Å². The van der Waals surface area contributed by atoms with Crippen LogP contribution >= 0.6 is 0 Å². The number of esters is 1. The molecule has 0 saturated carbocycles. The summed E-state index contributed by atoms with van der Waals surface area (Å²) in [5.74, 6) is -0.0169. The third-order valence-corrected chi connectivity index (χ3v) is 3.01. The summed E-state index contributed by atoms with van der Waals surface area (Å²) in [5.41, 5.74) is 0.0441. The average Bonchev–Trinajstić information content (AvgIpc) is 2.87. The van der Waals surface area contributed by atoms with Gasteiger partial charge in [-0.05, 0) is 19.1 Å². The first-order valence-electron chi connectivity index (χ1n) is 6.41. The first-order chi connectivity index (χ1) is 10.4. The molecule has 0 aromatic carbocycles. The largest absolute Gasteiger partial charge is 0.465 e. The van der Waals surface area contributed by atoms with E-state index in [4.69, 9.17) is 4.42 Å². The van der Waals surface area contributed by atoms with Crippen LogP contribution in [-0.2, 0) is 11.3 Å². The van der Waals surface area contributed by atoms with Gasteiger partial charge < -0.3 is 14.1 Å². The Morgan fingerprint density at radius 1 is 1.41 bits per heavy atom. The van der Waals surface area contributed by atoms with Crippen molar-refractivity contribution in [2.75, 3.05) is 14.2 Å². The van der Waals surface area contributed by atoms with Crippen LogP contribution in [0.5, 0.6) is 0 Å². The number of methoxy groups -OCH3 is 1. The van der Waals surface area contributed by atoms with Crippen molar-refractivity contribution in [3.8, 4) is 0 Å². The number of amides is 1. The third-order valence-electron chi connectivity index (χ3n) is 3.01. The maximum Gasteiger partial charge on any atom is 0.341 e. The smallest absolute Gasteiger partial charge is 0.341 e. The molecule has 0 aliphatic carbocycles. The lowest BCUT2D eigenvalue weighted by molar-refractivity contribution is 0.0598. The van der Waals surface area contributed by atoms with Crippen LogP contribution in [0.2, 0.25) is 0 Å². The number of hydrogen-bond acceptors (Lipinski definition) is 6. The fraction of sp³-hybridized carbons (Fsp3) is 0.286. The first-order valence-corrected chi connectivity index (χ1v) is 6.41. The number of carbonyl (C=O) groups excluding carboxylic acids is 2. The molecule has 0 aliphatic heterocycles. The van der Waals surface area contributed by atoms with E-state index in [2.05, 4.69) is 14.9 Å². The number of nitrogens with one attached hydrogen (secondary N) is 1. The summed E-state index contributed by atoms with van der Waals surface area (Å²) in [6, 6.07) is 4.09. The number of rotatable bonds is 4. The molecule has 22 heavy (non-hydrogen) atoms. The average molecular weight is 305 g/mol. The van der Waals surface area contributed by atoms with E-state index in [0.29, 0.717) is 17.1 Å². The molecular weight excluding hydrogens is 290 g/mol. The van der Waals surface area contributed by atoms with Gasteiger partial charge in [-0.1, -0.05) is 0 Å². The number of aryl methyl sites for hydroxylation is 1. The molecule has 2 rings (SSSR count). The Balaban J connectivity index is 2.13. The van der Waals surface area contributed by atoms with Gasteiger partial charge in [-0.2, -0.15) is 5.10 Å². The fourth-order valence-electron chi connectivity index (χ4n) is 1.90. The minimum absolute atomic E-state index is 0.110. The van der Waals surface area contributed by atoms with Crippen molar-refractivity contribution in [3.05, 3.63) is 51.3 Å². The van der Waals surface area contributed by atoms with Crippen molar-refractivity contribution in [1.29, 1.82) is 0 Å². The number of aromatic amines is 1. The Bertz CT molecular complexity index is 742. The molecule has 2 heterocycles. The molecule has 0 aliphatic rings. The number of carbonyl (C=O) groups is 2.